The average molecular weight is 399 g/mol. The third-order valence-electron chi connectivity index (χ3n) is 4.19. The summed E-state index contributed by atoms with van der Waals surface area (Å²) >= 11 is 7.62. The molecule has 0 spiro atoms. The van der Waals surface area contributed by atoms with Gasteiger partial charge in [0.05, 0.1) is 17.1 Å². The summed E-state index contributed by atoms with van der Waals surface area (Å²) in [6.45, 7) is 0.301. The van der Waals surface area contributed by atoms with Crippen molar-refractivity contribution in [1.29, 1.82) is 0 Å². The van der Waals surface area contributed by atoms with E-state index in [9.17, 15) is 9.59 Å². The number of anilines is 2. The fourth-order valence-electron chi connectivity index (χ4n) is 2.85. The van der Waals surface area contributed by atoms with Crippen LogP contribution in [0.25, 0.3) is 0 Å². The maximum atomic E-state index is 12.5. The molecule has 0 atom stereocenters. The van der Waals surface area contributed by atoms with Crippen LogP contribution < -0.4 is 15.0 Å². The lowest BCUT2D eigenvalue weighted by Crippen LogP contribution is -2.38. The average Bonchev–Trinajstić information content (AvgIpc) is 3.21. The highest BCUT2D eigenvalue weighted by atomic mass is 35.5. The van der Waals surface area contributed by atoms with E-state index in [-0.39, 0.29) is 18.4 Å². The molecule has 0 saturated carbocycles. The first-order valence-electron chi connectivity index (χ1n) is 8.27. The van der Waals surface area contributed by atoms with E-state index in [0.29, 0.717) is 33.6 Å². The lowest BCUT2D eigenvalue weighted by Gasteiger charge is -2.30. The second-order valence-electron chi connectivity index (χ2n) is 5.97. The molecule has 3 aromatic rings. The molecular weight excluding hydrogens is 384 g/mol. The minimum atomic E-state index is -0.189. The first-order chi connectivity index (χ1) is 13.1. The van der Waals surface area contributed by atoms with E-state index in [1.807, 2.05) is 29.6 Å². The summed E-state index contributed by atoms with van der Waals surface area (Å²) in [6.07, 6.45) is 0. The molecule has 7 heteroatoms. The van der Waals surface area contributed by atoms with Crippen LogP contribution in [0.2, 0.25) is 5.02 Å². The van der Waals surface area contributed by atoms with Crippen LogP contribution in [0.1, 0.15) is 15.2 Å². The van der Waals surface area contributed by atoms with E-state index in [2.05, 4.69) is 5.32 Å². The number of nitrogens with one attached hydrogen (secondary N) is 1. The smallest absolute Gasteiger partial charge is 0.265 e. The van der Waals surface area contributed by atoms with Gasteiger partial charge < -0.3 is 15.0 Å². The summed E-state index contributed by atoms with van der Waals surface area (Å²) in [4.78, 5) is 27.0. The van der Waals surface area contributed by atoms with Gasteiger partial charge in [0.25, 0.3) is 11.8 Å². The maximum absolute atomic E-state index is 12.5. The number of halogens is 1. The normalized spacial score (nSPS) is 13.1. The topological polar surface area (TPSA) is 58.6 Å². The summed E-state index contributed by atoms with van der Waals surface area (Å²) in [5.74, 6) is 0.241. The number of ether oxygens (including phenoxy) is 1. The number of carbonyl (C=O) groups is 2. The molecule has 1 N–H and O–H groups in total. The lowest BCUT2D eigenvalue weighted by atomic mass is 10.1. The SMILES string of the molecule is O=C(Nc1ccc2c(c1)N(Cc1ccccc1Cl)C(=O)CO2)c1cccs1. The van der Waals surface area contributed by atoms with E-state index >= 15 is 0 Å². The zero-order chi connectivity index (χ0) is 18.8. The Balaban J connectivity index is 1.63. The van der Waals surface area contributed by atoms with Gasteiger partial charge in [-0.2, -0.15) is 0 Å². The number of fused-ring (bicyclic) bond motifs is 1. The fraction of sp³-hybridized carbons (Fsp3) is 0.100. The Kier molecular flexibility index (Phi) is 4.83. The molecule has 1 aromatic heterocycles. The van der Waals surface area contributed by atoms with Gasteiger partial charge in [-0.3, -0.25) is 9.59 Å². The first kappa shape index (κ1) is 17.6. The quantitative estimate of drug-likeness (QED) is 0.699. The summed E-state index contributed by atoms with van der Waals surface area (Å²) in [7, 11) is 0. The van der Waals surface area contributed by atoms with Gasteiger partial charge in [-0.05, 0) is 41.3 Å². The molecule has 4 rings (SSSR count). The van der Waals surface area contributed by atoms with Gasteiger partial charge in [0.1, 0.15) is 5.75 Å². The highest BCUT2D eigenvalue weighted by Gasteiger charge is 2.26. The van der Waals surface area contributed by atoms with Crippen molar-refractivity contribution in [2.75, 3.05) is 16.8 Å². The molecule has 27 heavy (non-hydrogen) atoms. The Hall–Kier alpha value is -2.83. The summed E-state index contributed by atoms with van der Waals surface area (Å²) in [5.41, 5.74) is 2.04. The number of hydrogen-bond acceptors (Lipinski definition) is 4. The minimum Gasteiger partial charge on any atom is -0.482 e. The van der Waals surface area contributed by atoms with Gasteiger partial charge in [0.15, 0.2) is 6.61 Å². The highest BCUT2D eigenvalue weighted by molar-refractivity contribution is 7.12. The van der Waals surface area contributed by atoms with Crippen LogP contribution in [0.3, 0.4) is 0 Å². The number of nitrogens with zero attached hydrogens (tertiary/aromatic N) is 1. The standard InChI is InChI=1S/C20H15ClN2O3S/c21-15-5-2-1-4-13(15)11-23-16-10-14(7-8-17(16)26-12-19(23)24)22-20(25)18-6-3-9-27-18/h1-10H,11-12H2,(H,22,25). The van der Waals surface area contributed by atoms with Crippen molar-refractivity contribution < 1.29 is 14.3 Å². The van der Waals surface area contributed by atoms with Crippen molar-refractivity contribution >= 4 is 46.1 Å². The van der Waals surface area contributed by atoms with Crippen molar-refractivity contribution in [3.8, 4) is 5.75 Å². The Bertz CT molecular complexity index is 1000. The molecule has 0 unspecified atom stereocenters. The first-order valence-corrected chi connectivity index (χ1v) is 9.53. The maximum Gasteiger partial charge on any atom is 0.265 e. The Morgan fingerprint density at radius 2 is 2.04 bits per heavy atom. The molecule has 0 saturated heterocycles. The van der Waals surface area contributed by atoms with Crippen LogP contribution in [-0.4, -0.2) is 18.4 Å². The van der Waals surface area contributed by atoms with E-state index in [0.717, 1.165) is 5.56 Å². The molecule has 0 radical (unpaired) electrons. The third-order valence-corrected chi connectivity index (χ3v) is 5.43. The number of carbonyl (C=O) groups excluding carboxylic acids is 2. The molecule has 2 amide bonds. The number of hydrogen-bond donors (Lipinski definition) is 1. The number of benzene rings is 2. The number of rotatable bonds is 4. The molecule has 0 fully saturated rings. The van der Waals surface area contributed by atoms with Gasteiger partial charge >= 0.3 is 0 Å². The second-order valence-corrected chi connectivity index (χ2v) is 7.33. The van der Waals surface area contributed by atoms with Gasteiger partial charge in [-0.25, -0.2) is 0 Å². The molecule has 2 aromatic carbocycles. The molecule has 2 heterocycles. The zero-order valence-electron chi connectivity index (χ0n) is 14.1. The molecule has 0 aliphatic carbocycles. The molecular formula is C20H15ClN2O3S. The fourth-order valence-corrected chi connectivity index (χ4v) is 3.67. The van der Waals surface area contributed by atoms with Gasteiger partial charge in [-0.15, -0.1) is 11.3 Å². The van der Waals surface area contributed by atoms with Crippen LogP contribution in [0, 0.1) is 0 Å². The molecule has 136 valence electrons. The monoisotopic (exact) mass is 398 g/mol. The number of thiophene rings is 1. The summed E-state index contributed by atoms with van der Waals surface area (Å²) in [6, 6.07) is 16.2. The largest absolute Gasteiger partial charge is 0.482 e. The molecule has 5 nitrogen and oxygen atoms in total. The van der Waals surface area contributed by atoms with Crippen LogP contribution in [0.15, 0.2) is 60.0 Å². The zero-order valence-corrected chi connectivity index (χ0v) is 15.7. The van der Waals surface area contributed by atoms with Crippen molar-refractivity contribution in [3.05, 3.63) is 75.4 Å². The van der Waals surface area contributed by atoms with E-state index in [1.54, 1.807) is 35.2 Å². The molecule has 0 bridgehead atoms. The summed E-state index contributed by atoms with van der Waals surface area (Å²) < 4.78 is 5.53. The Morgan fingerprint density at radius 3 is 2.81 bits per heavy atom. The minimum absolute atomic E-state index is 0.0294. The predicted molar refractivity (Wildman–Crippen MR) is 107 cm³/mol. The van der Waals surface area contributed by atoms with Gasteiger partial charge in [-0.1, -0.05) is 35.9 Å². The number of amides is 2. The Morgan fingerprint density at radius 1 is 1.19 bits per heavy atom. The second kappa shape index (κ2) is 7.42. The van der Waals surface area contributed by atoms with E-state index in [4.69, 9.17) is 16.3 Å². The van der Waals surface area contributed by atoms with Gasteiger partial charge in [0.2, 0.25) is 0 Å². The van der Waals surface area contributed by atoms with Crippen molar-refractivity contribution in [1.82, 2.24) is 0 Å². The summed E-state index contributed by atoms with van der Waals surface area (Å²) in [5, 5.41) is 5.30. The van der Waals surface area contributed by atoms with E-state index in [1.165, 1.54) is 11.3 Å². The van der Waals surface area contributed by atoms with Crippen LogP contribution in [0.5, 0.6) is 5.75 Å². The van der Waals surface area contributed by atoms with Crippen LogP contribution >= 0.6 is 22.9 Å². The van der Waals surface area contributed by atoms with E-state index < -0.39 is 0 Å². The van der Waals surface area contributed by atoms with Crippen LogP contribution in [0.4, 0.5) is 11.4 Å². The predicted octanol–water partition coefficient (Wildman–Crippen LogP) is 4.58. The molecule has 1 aliphatic heterocycles. The molecule has 1 aliphatic rings. The lowest BCUT2D eigenvalue weighted by molar-refractivity contribution is -0.121. The van der Waals surface area contributed by atoms with Gasteiger partial charge in [0, 0.05) is 10.7 Å². The highest BCUT2D eigenvalue weighted by Crippen LogP contribution is 2.36. The Labute approximate surface area is 165 Å². The van der Waals surface area contributed by atoms with Crippen molar-refractivity contribution in [3.63, 3.8) is 0 Å². The van der Waals surface area contributed by atoms with Crippen LogP contribution in [-0.2, 0) is 11.3 Å². The van der Waals surface area contributed by atoms with Crippen molar-refractivity contribution in [2.24, 2.45) is 0 Å². The van der Waals surface area contributed by atoms with Crippen molar-refractivity contribution in [2.45, 2.75) is 6.54 Å². The third kappa shape index (κ3) is 3.67.